The maximum absolute atomic E-state index is 13.0. The molecule has 106 valence electrons. The van der Waals surface area contributed by atoms with Crippen LogP contribution in [0, 0.1) is 11.7 Å². The van der Waals surface area contributed by atoms with Gasteiger partial charge in [0.1, 0.15) is 10.7 Å². The van der Waals surface area contributed by atoms with Crippen LogP contribution in [0.15, 0.2) is 23.1 Å². The van der Waals surface area contributed by atoms with Gasteiger partial charge in [0.15, 0.2) is 0 Å². The molecular weight excluding hydrogens is 291 g/mol. The van der Waals surface area contributed by atoms with E-state index in [1.54, 1.807) is 0 Å². The minimum Gasteiger partial charge on any atom is -0.326 e. The molecule has 2 unspecified atom stereocenters. The molecule has 0 aromatic heterocycles. The molecule has 1 aromatic rings. The summed E-state index contributed by atoms with van der Waals surface area (Å²) in [5, 5.41) is -0.104. The van der Waals surface area contributed by atoms with Gasteiger partial charge in [-0.1, -0.05) is 18.5 Å². The summed E-state index contributed by atoms with van der Waals surface area (Å²) >= 11 is 5.82. The van der Waals surface area contributed by atoms with Crippen molar-refractivity contribution in [1.29, 1.82) is 0 Å². The molecule has 2 rings (SSSR count). The molecule has 1 heterocycles. The number of hydrogen-bond donors (Lipinski definition) is 1. The van der Waals surface area contributed by atoms with Crippen molar-refractivity contribution in [2.45, 2.75) is 24.3 Å². The second-order valence-electron chi connectivity index (χ2n) is 4.87. The lowest BCUT2D eigenvalue weighted by Crippen LogP contribution is -2.49. The Morgan fingerprint density at radius 1 is 1.47 bits per heavy atom. The average Bonchev–Trinajstić information content (AvgIpc) is 2.32. The van der Waals surface area contributed by atoms with Crippen LogP contribution in [0.5, 0.6) is 0 Å². The molecule has 1 fully saturated rings. The number of hydrogen-bond acceptors (Lipinski definition) is 3. The molecule has 7 heteroatoms. The van der Waals surface area contributed by atoms with Crippen LogP contribution in [0.3, 0.4) is 0 Å². The van der Waals surface area contributed by atoms with E-state index in [0.717, 1.165) is 12.1 Å². The van der Waals surface area contributed by atoms with Gasteiger partial charge in [0, 0.05) is 19.1 Å². The first-order valence-electron chi connectivity index (χ1n) is 6.03. The van der Waals surface area contributed by atoms with Gasteiger partial charge < -0.3 is 5.73 Å². The summed E-state index contributed by atoms with van der Waals surface area (Å²) in [6, 6.07) is 3.09. The molecule has 0 amide bonds. The van der Waals surface area contributed by atoms with Crippen LogP contribution in [0.2, 0.25) is 5.02 Å². The van der Waals surface area contributed by atoms with E-state index in [1.807, 2.05) is 6.92 Å². The molecule has 0 bridgehead atoms. The number of nitrogens with zero attached hydrogens (tertiary/aromatic N) is 1. The van der Waals surface area contributed by atoms with E-state index in [0.29, 0.717) is 13.0 Å². The number of benzene rings is 1. The van der Waals surface area contributed by atoms with E-state index in [1.165, 1.54) is 10.4 Å². The number of halogens is 2. The van der Waals surface area contributed by atoms with Crippen LogP contribution >= 0.6 is 11.6 Å². The van der Waals surface area contributed by atoms with Crippen LogP contribution in [0.1, 0.15) is 13.3 Å². The van der Waals surface area contributed by atoms with Crippen LogP contribution in [-0.2, 0) is 10.0 Å². The maximum Gasteiger partial charge on any atom is 0.244 e. The summed E-state index contributed by atoms with van der Waals surface area (Å²) in [5.74, 6) is -0.275. The topological polar surface area (TPSA) is 63.4 Å². The summed E-state index contributed by atoms with van der Waals surface area (Å²) in [7, 11) is -3.71. The molecule has 0 aliphatic carbocycles. The molecule has 0 radical (unpaired) electrons. The van der Waals surface area contributed by atoms with Crippen LogP contribution in [0.25, 0.3) is 0 Å². The van der Waals surface area contributed by atoms with Crippen molar-refractivity contribution in [2.24, 2.45) is 11.7 Å². The van der Waals surface area contributed by atoms with Gasteiger partial charge in [-0.2, -0.15) is 4.31 Å². The van der Waals surface area contributed by atoms with E-state index >= 15 is 0 Å². The Hall–Kier alpha value is -0.690. The summed E-state index contributed by atoms with van der Waals surface area (Å²) in [4.78, 5) is -0.0719. The SMILES string of the molecule is CC1CCN(S(=O)(=O)c2ccc(F)cc2Cl)CC1N. The summed E-state index contributed by atoms with van der Waals surface area (Å²) in [6.45, 7) is 2.67. The zero-order valence-corrected chi connectivity index (χ0v) is 12.1. The zero-order chi connectivity index (χ0) is 14.2. The van der Waals surface area contributed by atoms with Crippen molar-refractivity contribution in [2.75, 3.05) is 13.1 Å². The fourth-order valence-corrected chi connectivity index (χ4v) is 4.11. The summed E-state index contributed by atoms with van der Waals surface area (Å²) < 4.78 is 39.2. The fourth-order valence-electron chi connectivity index (χ4n) is 2.11. The fraction of sp³-hybridized carbons (Fsp3) is 0.500. The normalized spacial score (nSPS) is 25.5. The van der Waals surface area contributed by atoms with Crippen molar-refractivity contribution >= 4 is 21.6 Å². The van der Waals surface area contributed by atoms with E-state index in [2.05, 4.69) is 0 Å². The highest BCUT2D eigenvalue weighted by Crippen LogP contribution is 2.28. The Bertz CT molecular complexity index is 579. The van der Waals surface area contributed by atoms with E-state index < -0.39 is 15.8 Å². The average molecular weight is 307 g/mol. The second-order valence-corrected chi connectivity index (χ2v) is 7.18. The van der Waals surface area contributed by atoms with Gasteiger partial charge in [-0.25, -0.2) is 12.8 Å². The van der Waals surface area contributed by atoms with Crippen molar-refractivity contribution in [3.8, 4) is 0 Å². The molecule has 1 aliphatic rings. The van der Waals surface area contributed by atoms with E-state index in [4.69, 9.17) is 17.3 Å². The van der Waals surface area contributed by atoms with Gasteiger partial charge in [0.25, 0.3) is 0 Å². The Labute approximate surface area is 117 Å². The van der Waals surface area contributed by atoms with Crippen molar-refractivity contribution in [3.05, 3.63) is 29.0 Å². The van der Waals surface area contributed by atoms with Crippen molar-refractivity contribution in [1.82, 2.24) is 4.31 Å². The van der Waals surface area contributed by atoms with E-state index in [-0.39, 0.29) is 28.4 Å². The predicted molar refractivity (Wildman–Crippen MR) is 71.9 cm³/mol. The quantitative estimate of drug-likeness (QED) is 0.907. The Balaban J connectivity index is 2.32. The van der Waals surface area contributed by atoms with Gasteiger partial charge in [0.05, 0.1) is 5.02 Å². The first kappa shape index (κ1) is 14.7. The first-order chi connectivity index (χ1) is 8.82. The Kier molecular flexibility index (Phi) is 4.15. The largest absolute Gasteiger partial charge is 0.326 e. The van der Waals surface area contributed by atoms with Crippen molar-refractivity contribution < 1.29 is 12.8 Å². The van der Waals surface area contributed by atoms with Gasteiger partial charge in [-0.3, -0.25) is 0 Å². The first-order valence-corrected chi connectivity index (χ1v) is 7.85. The minimum atomic E-state index is -3.71. The van der Waals surface area contributed by atoms with Crippen molar-refractivity contribution in [3.63, 3.8) is 0 Å². The highest BCUT2D eigenvalue weighted by atomic mass is 35.5. The summed E-state index contributed by atoms with van der Waals surface area (Å²) in [5.41, 5.74) is 5.91. The van der Waals surface area contributed by atoms with Gasteiger partial charge in [-0.15, -0.1) is 0 Å². The maximum atomic E-state index is 13.0. The molecule has 4 nitrogen and oxygen atoms in total. The molecule has 19 heavy (non-hydrogen) atoms. The van der Waals surface area contributed by atoms with Gasteiger partial charge in [0.2, 0.25) is 10.0 Å². The second kappa shape index (κ2) is 5.36. The monoisotopic (exact) mass is 306 g/mol. The number of sulfonamides is 1. The molecule has 1 aliphatic heterocycles. The third kappa shape index (κ3) is 2.91. The lowest BCUT2D eigenvalue weighted by molar-refractivity contribution is 0.253. The lowest BCUT2D eigenvalue weighted by Gasteiger charge is -2.34. The zero-order valence-electron chi connectivity index (χ0n) is 10.5. The number of rotatable bonds is 2. The highest BCUT2D eigenvalue weighted by molar-refractivity contribution is 7.89. The molecule has 1 saturated heterocycles. The predicted octanol–water partition coefficient (Wildman–Crippen LogP) is 1.84. The molecule has 0 spiro atoms. The molecule has 2 atom stereocenters. The lowest BCUT2D eigenvalue weighted by atomic mass is 9.96. The van der Waals surface area contributed by atoms with Crippen LogP contribution in [-0.4, -0.2) is 31.9 Å². The minimum absolute atomic E-state index is 0.0719. The number of piperidine rings is 1. The molecule has 1 aromatic carbocycles. The number of nitrogens with two attached hydrogens (primary N) is 1. The Morgan fingerprint density at radius 2 is 2.16 bits per heavy atom. The summed E-state index contributed by atoms with van der Waals surface area (Å²) in [6.07, 6.45) is 0.708. The van der Waals surface area contributed by atoms with E-state index in [9.17, 15) is 12.8 Å². The van der Waals surface area contributed by atoms with Gasteiger partial charge in [-0.05, 0) is 30.5 Å². The molecular formula is C12H16ClFN2O2S. The third-order valence-electron chi connectivity index (χ3n) is 3.49. The van der Waals surface area contributed by atoms with Gasteiger partial charge >= 0.3 is 0 Å². The standard InChI is InChI=1S/C12H16ClFN2O2S/c1-8-4-5-16(7-11(8)15)19(17,18)12-3-2-9(14)6-10(12)13/h2-3,6,8,11H,4-5,7,15H2,1H3. The highest BCUT2D eigenvalue weighted by Gasteiger charge is 2.33. The molecule has 0 saturated carbocycles. The smallest absolute Gasteiger partial charge is 0.244 e. The third-order valence-corrected chi connectivity index (χ3v) is 5.84. The molecule has 2 N–H and O–H groups in total. The Morgan fingerprint density at radius 3 is 2.74 bits per heavy atom. The van der Waals surface area contributed by atoms with Crippen LogP contribution < -0.4 is 5.73 Å². The van der Waals surface area contributed by atoms with Crippen LogP contribution in [0.4, 0.5) is 4.39 Å².